The molecule has 0 fully saturated rings. The van der Waals surface area contributed by atoms with Crippen LogP contribution in [-0.4, -0.2) is 17.0 Å². The van der Waals surface area contributed by atoms with Crippen molar-refractivity contribution in [3.8, 4) is 0 Å². The molecule has 2 heterocycles. The number of pyridine rings is 2. The van der Waals surface area contributed by atoms with Crippen LogP contribution in [0.2, 0.25) is 0 Å². The predicted molar refractivity (Wildman–Crippen MR) is 65.0 cm³/mol. The van der Waals surface area contributed by atoms with Crippen molar-refractivity contribution in [2.24, 2.45) is 0 Å². The summed E-state index contributed by atoms with van der Waals surface area (Å²) in [5.74, 6) is 0. The molecule has 2 N–H and O–H groups in total. The molecule has 4 heteroatoms. The molecule has 0 aliphatic rings. The van der Waals surface area contributed by atoms with Gasteiger partial charge >= 0.3 is 0 Å². The van der Waals surface area contributed by atoms with E-state index in [9.17, 15) is 0 Å². The number of aromatic nitrogens is 2. The minimum absolute atomic E-state index is 0.689. The van der Waals surface area contributed by atoms with Gasteiger partial charge in [0, 0.05) is 32.2 Å². The first-order valence-corrected chi connectivity index (χ1v) is 5.07. The summed E-state index contributed by atoms with van der Waals surface area (Å²) in [6.07, 6.45) is 7.03. The van der Waals surface area contributed by atoms with Crippen molar-refractivity contribution in [3.05, 3.63) is 48.5 Å². The molecule has 0 bridgehead atoms. The molecule has 0 amide bonds. The van der Waals surface area contributed by atoms with Gasteiger partial charge in [-0.25, -0.2) is 0 Å². The third kappa shape index (κ3) is 2.28. The predicted octanol–water partition coefficient (Wildman–Crippen LogP) is 1.70. The van der Waals surface area contributed by atoms with E-state index in [2.05, 4.69) is 14.9 Å². The van der Waals surface area contributed by atoms with Gasteiger partial charge in [-0.1, -0.05) is 6.07 Å². The molecule has 0 atom stereocenters. The lowest BCUT2D eigenvalue weighted by Crippen LogP contribution is -2.17. The lowest BCUT2D eigenvalue weighted by Gasteiger charge is -2.20. The second kappa shape index (κ2) is 4.61. The van der Waals surface area contributed by atoms with Crippen LogP contribution >= 0.6 is 0 Å². The molecule has 2 rings (SSSR count). The van der Waals surface area contributed by atoms with Gasteiger partial charge < -0.3 is 10.6 Å². The Morgan fingerprint density at radius 1 is 1.19 bits per heavy atom. The zero-order valence-corrected chi connectivity index (χ0v) is 9.17. The van der Waals surface area contributed by atoms with Gasteiger partial charge in [0.15, 0.2) is 0 Å². The third-order valence-electron chi connectivity index (χ3n) is 2.38. The summed E-state index contributed by atoms with van der Waals surface area (Å²) in [6, 6.07) is 5.88. The van der Waals surface area contributed by atoms with Crippen LogP contribution in [0.15, 0.2) is 43.0 Å². The average Bonchev–Trinajstić information content (AvgIpc) is 2.31. The standard InChI is InChI=1S/C12H14N4/c1-16(9-10-3-2-5-14-7-10)12-4-6-15-8-11(12)13/h2-8H,9,13H2,1H3. The van der Waals surface area contributed by atoms with Crippen LogP contribution in [0, 0.1) is 0 Å². The molecule has 4 nitrogen and oxygen atoms in total. The van der Waals surface area contributed by atoms with Crippen LogP contribution in [0.1, 0.15) is 5.56 Å². The quantitative estimate of drug-likeness (QED) is 0.844. The molecule has 2 aromatic rings. The van der Waals surface area contributed by atoms with Crippen LogP contribution < -0.4 is 10.6 Å². The summed E-state index contributed by atoms with van der Waals surface area (Å²) in [6.45, 7) is 0.780. The summed E-state index contributed by atoms with van der Waals surface area (Å²) in [5.41, 5.74) is 8.68. The summed E-state index contributed by atoms with van der Waals surface area (Å²) in [4.78, 5) is 10.1. The molecule has 0 radical (unpaired) electrons. The second-order valence-electron chi connectivity index (χ2n) is 3.65. The smallest absolute Gasteiger partial charge is 0.0738 e. The normalized spacial score (nSPS) is 10.1. The summed E-state index contributed by atoms with van der Waals surface area (Å²) >= 11 is 0. The number of nitrogens with two attached hydrogens (primary N) is 1. The van der Waals surface area contributed by atoms with E-state index in [-0.39, 0.29) is 0 Å². The second-order valence-corrected chi connectivity index (χ2v) is 3.65. The fraction of sp³-hybridized carbons (Fsp3) is 0.167. The first kappa shape index (κ1) is 10.4. The molecule has 0 aromatic carbocycles. The third-order valence-corrected chi connectivity index (χ3v) is 2.38. The minimum Gasteiger partial charge on any atom is -0.396 e. The molecule has 2 aromatic heterocycles. The van der Waals surface area contributed by atoms with Crippen LogP contribution in [0.4, 0.5) is 11.4 Å². The molecular weight excluding hydrogens is 200 g/mol. The summed E-state index contributed by atoms with van der Waals surface area (Å²) in [7, 11) is 2.00. The van der Waals surface area contributed by atoms with E-state index in [0.29, 0.717) is 5.69 Å². The highest BCUT2D eigenvalue weighted by atomic mass is 15.1. The molecular formula is C12H14N4. The lowest BCUT2D eigenvalue weighted by atomic mass is 10.2. The Morgan fingerprint density at radius 2 is 2.00 bits per heavy atom. The zero-order chi connectivity index (χ0) is 11.4. The van der Waals surface area contributed by atoms with Crippen molar-refractivity contribution in [2.45, 2.75) is 6.54 Å². The molecule has 0 aliphatic carbocycles. The number of hydrogen-bond acceptors (Lipinski definition) is 4. The van der Waals surface area contributed by atoms with Gasteiger partial charge in [0.25, 0.3) is 0 Å². The Hall–Kier alpha value is -2.10. The Morgan fingerprint density at radius 3 is 2.69 bits per heavy atom. The van der Waals surface area contributed by atoms with E-state index < -0.39 is 0 Å². The van der Waals surface area contributed by atoms with E-state index in [0.717, 1.165) is 17.8 Å². The highest BCUT2D eigenvalue weighted by Gasteiger charge is 2.05. The van der Waals surface area contributed by atoms with Crippen LogP contribution in [0.5, 0.6) is 0 Å². The van der Waals surface area contributed by atoms with Gasteiger partial charge in [-0.15, -0.1) is 0 Å². The SMILES string of the molecule is CN(Cc1cccnc1)c1ccncc1N. The Bertz CT molecular complexity index is 456. The van der Waals surface area contributed by atoms with Gasteiger partial charge in [-0.05, 0) is 17.7 Å². The van der Waals surface area contributed by atoms with E-state index in [1.54, 1.807) is 18.6 Å². The van der Waals surface area contributed by atoms with Crippen LogP contribution in [-0.2, 0) is 6.54 Å². The molecule has 0 aliphatic heterocycles. The fourth-order valence-electron chi connectivity index (χ4n) is 1.60. The molecule has 16 heavy (non-hydrogen) atoms. The van der Waals surface area contributed by atoms with Gasteiger partial charge in [0.05, 0.1) is 17.6 Å². The molecule has 82 valence electrons. The van der Waals surface area contributed by atoms with Crippen molar-refractivity contribution < 1.29 is 0 Å². The van der Waals surface area contributed by atoms with Gasteiger partial charge in [0.2, 0.25) is 0 Å². The van der Waals surface area contributed by atoms with Crippen molar-refractivity contribution in [3.63, 3.8) is 0 Å². The van der Waals surface area contributed by atoms with E-state index in [1.807, 2.05) is 31.4 Å². The maximum atomic E-state index is 5.86. The highest BCUT2D eigenvalue weighted by molar-refractivity contribution is 5.65. The van der Waals surface area contributed by atoms with Crippen LogP contribution in [0.25, 0.3) is 0 Å². The maximum absolute atomic E-state index is 5.86. The van der Waals surface area contributed by atoms with Crippen molar-refractivity contribution in [2.75, 3.05) is 17.7 Å². The van der Waals surface area contributed by atoms with Gasteiger partial charge in [-0.2, -0.15) is 0 Å². The van der Waals surface area contributed by atoms with Crippen molar-refractivity contribution in [1.82, 2.24) is 9.97 Å². The topological polar surface area (TPSA) is 55.0 Å². The first-order valence-electron chi connectivity index (χ1n) is 5.07. The molecule has 0 unspecified atom stereocenters. The zero-order valence-electron chi connectivity index (χ0n) is 9.17. The van der Waals surface area contributed by atoms with Gasteiger partial charge in [0.1, 0.15) is 0 Å². The van der Waals surface area contributed by atoms with Crippen molar-refractivity contribution >= 4 is 11.4 Å². The molecule has 0 saturated heterocycles. The minimum atomic E-state index is 0.689. The first-order chi connectivity index (χ1) is 7.77. The number of nitrogen functional groups attached to an aromatic ring is 1. The Labute approximate surface area is 94.8 Å². The summed E-state index contributed by atoms with van der Waals surface area (Å²) < 4.78 is 0. The highest BCUT2D eigenvalue weighted by Crippen LogP contribution is 2.21. The lowest BCUT2D eigenvalue weighted by molar-refractivity contribution is 0.915. The Balaban J connectivity index is 2.15. The maximum Gasteiger partial charge on any atom is 0.0738 e. The number of anilines is 2. The molecule has 0 saturated carbocycles. The van der Waals surface area contributed by atoms with Gasteiger partial charge in [-0.3, -0.25) is 9.97 Å². The largest absolute Gasteiger partial charge is 0.396 e. The average molecular weight is 214 g/mol. The van der Waals surface area contributed by atoms with E-state index in [4.69, 9.17) is 5.73 Å². The van der Waals surface area contributed by atoms with Crippen molar-refractivity contribution in [1.29, 1.82) is 0 Å². The Kier molecular flexibility index (Phi) is 3.00. The monoisotopic (exact) mass is 214 g/mol. The van der Waals surface area contributed by atoms with E-state index in [1.165, 1.54) is 0 Å². The fourth-order valence-corrected chi connectivity index (χ4v) is 1.60. The molecule has 0 spiro atoms. The van der Waals surface area contributed by atoms with Crippen LogP contribution in [0.3, 0.4) is 0 Å². The van der Waals surface area contributed by atoms with E-state index >= 15 is 0 Å². The summed E-state index contributed by atoms with van der Waals surface area (Å²) in [5, 5.41) is 0. The number of rotatable bonds is 3. The number of nitrogens with zero attached hydrogens (tertiary/aromatic N) is 3. The number of hydrogen-bond donors (Lipinski definition) is 1.